The van der Waals surface area contributed by atoms with Gasteiger partial charge in [-0.2, -0.15) is 0 Å². The van der Waals surface area contributed by atoms with Gasteiger partial charge in [-0.15, -0.1) is 0 Å². The predicted octanol–water partition coefficient (Wildman–Crippen LogP) is 17.1. The minimum atomic E-state index is -0.833. The summed E-state index contributed by atoms with van der Waals surface area (Å²) >= 11 is 0. The highest BCUT2D eigenvalue weighted by Gasteiger charge is 2.19. The van der Waals surface area contributed by atoms with Gasteiger partial charge in [0, 0.05) is 19.3 Å². The fourth-order valence-corrected chi connectivity index (χ4v) is 6.65. The second-order valence-electron chi connectivity index (χ2n) is 16.7. The number of rotatable bonds is 45. The molecule has 362 valence electrons. The zero-order valence-corrected chi connectivity index (χ0v) is 41.3. The molecule has 0 radical (unpaired) electrons. The lowest BCUT2D eigenvalue weighted by atomic mass is 10.0. The molecule has 0 aromatic carbocycles. The first kappa shape index (κ1) is 60.1. The van der Waals surface area contributed by atoms with E-state index in [0.29, 0.717) is 25.7 Å². The number of hydrogen-bond acceptors (Lipinski definition) is 6. The summed E-state index contributed by atoms with van der Waals surface area (Å²) < 4.78 is 16.7. The van der Waals surface area contributed by atoms with E-state index in [1.54, 1.807) is 0 Å². The van der Waals surface area contributed by atoms with Crippen molar-refractivity contribution in [1.82, 2.24) is 0 Å². The van der Waals surface area contributed by atoms with Crippen molar-refractivity contribution < 1.29 is 28.6 Å². The van der Waals surface area contributed by atoms with Crippen LogP contribution in [-0.2, 0) is 28.6 Å². The minimum Gasteiger partial charge on any atom is -0.462 e. The lowest BCUT2D eigenvalue weighted by Crippen LogP contribution is -2.30. The van der Waals surface area contributed by atoms with Crippen LogP contribution in [0.2, 0.25) is 0 Å². The molecule has 0 aromatic rings. The molecule has 0 amide bonds. The van der Waals surface area contributed by atoms with Crippen LogP contribution in [0.4, 0.5) is 0 Å². The van der Waals surface area contributed by atoms with Crippen LogP contribution < -0.4 is 0 Å². The Hall–Kier alpha value is -3.93. The lowest BCUT2D eigenvalue weighted by molar-refractivity contribution is -0.166. The van der Waals surface area contributed by atoms with Gasteiger partial charge >= 0.3 is 17.9 Å². The molecule has 0 saturated carbocycles. The van der Waals surface area contributed by atoms with E-state index in [4.69, 9.17) is 14.2 Å². The van der Waals surface area contributed by atoms with Crippen molar-refractivity contribution in [2.45, 2.75) is 226 Å². The molecule has 0 N–H and O–H groups in total. The Morgan fingerprint density at radius 3 is 1.05 bits per heavy atom. The summed E-state index contributed by atoms with van der Waals surface area (Å²) in [7, 11) is 0. The Morgan fingerprint density at radius 1 is 0.328 bits per heavy atom. The van der Waals surface area contributed by atoms with Gasteiger partial charge in [-0.05, 0) is 96.3 Å². The maximum atomic E-state index is 12.8. The van der Waals surface area contributed by atoms with Gasteiger partial charge in [0.25, 0.3) is 0 Å². The average molecular weight is 887 g/mol. The number of esters is 3. The van der Waals surface area contributed by atoms with Gasteiger partial charge < -0.3 is 14.2 Å². The molecule has 0 fully saturated rings. The van der Waals surface area contributed by atoms with E-state index in [-0.39, 0.29) is 31.6 Å². The second kappa shape index (κ2) is 51.7. The third-order valence-electron chi connectivity index (χ3n) is 10.5. The van der Waals surface area contributed by atoms with Gasteiger partial charge in [0.1, 0.15) is 13.2 Å². The SMILES string of the molecule is CC/C=C\C/C=C\C/C=C\C/C=C\C/C=C\C/C=C\CCC(=O)O[C@H](COC(=O)CCCC/C=C\C/C=C\C/C=C\CCCCC)COC(=O)CCCCCCCCCCCCCC. The monoisotopic (exact) mass is 887 g/mol. The van der Waals surface area contributed by atoms with Crippen LogP contribution in [0.25, 0.3) is 0 Å². The van der Waals surface area contributed by atoms with E-state index < -0.39 is 12.1 Å². The summed E-state index contributed by atoms with van der Waals surface area (Å²) in [4.78, 5) is 37.9. The van der Waals surface area contributed by atoms with E-state index in [9.17, 15) is 14.4 Å². The van der Waals surface area contributed by atoms with Crippen molar-refractivity contribution in [3.8, 4) is 0 Å². The molecule has 0 unspecified atom stereocenters. The van der Waals surface area contributed by atoms with E-state index in [1.807, 2.05) is 12.2 Å². The van der Waals surface area contributed by atoms with Gasteiger partial charge in [-0.3, -0.25) is 14.4 Å². The molecule has 64 heavy (non-hydrogen) atoms. The van der Waals surface area contributed by atoms with Crippen molar-refractivity contribution in [1.29, 1.82) is 0 Å². The summed E-state index contributed by atoms with van der Waals surface area (Å²) in [5.74, 6) is -1.05. The van der Waals surface area contributed by atoms with Crippen LogP contribution in [0.15, 0.2) is 109 Å². The summed E-state index contributed by atoms with van der Waals surface area (Å²) in [5.41, 5.74) is 0. The number of carbonyl (C=O) groups excluding carboxylic acids is 3. The molecule has 1 atom stereocenters. The van der Waals surface area contributed by atoms with Crippen LogP contribution >= 0.6 is 0 Å². The average Bonchev–Trinajstić information content (AvgIpc) is 3.29. The molecule has 0 aromatic heterocycles. The Labute approximate surface area is 393 Å². The maximum absolute atomic E-state index is 12.8. The fraction of sp³-hybridized carbons (Fsp3) is 0.638. The van der Waals surface area contributed by atoms with Gasteiger partial charge in [0.2, 0.25) is 0 Å². The van der Waals surface area contributed by atoms with Crippen molar-refractivity contribution >= 4 is 17.9 Å². The first-order valence-corrected chi connectivity index (χ1v) is 25.9. The van der Waals surface area contributed by atoms with Crippen molar-refractivity contribution in [2.24, 2.45) is 0 Å². The van der Waals surface area contributed by atoms with Crippen LogP contribution in [0.5, 0.6) is 0 Å². The summed E-state index contributed by atoms with van der Waals surface area (Å²) in [6, 6.07) is 0. The van der Waals surface area contributed by atoms with Gasteiger partial charge in [0.05, 0.1) is 0 Å². The molecule has 0 bridgehead atoms. The zero-order chi connectivity index (χ0) is 46.5. The minimum absolute atomic E-state index is 0.121. The van der Waals surface area contributed by atoms with Crippen molar-refractivity contribution in [3.05, 3.63) is 109 Å². The maximum Gasteiger partial charge on any atom is 0.306 e. The Balaban J connectivity index is 4.58. The highest BCUT2D eigenvalue weighted by molar-refractivity contribution is 5.71. The first-order valence-electron chi connectivity index (χ1n) is 25.9. The summed E-state index contributed by atoms with van der Waals surface area (Å²) in [6.07, 6.45) is 69.4. The number of ether oxygens (including phenoxy) is 3. The Kier molecular flexibility index (Phi) is 48.5. The third-order valence-corrected chi connectivity index (χ3v) is 10.5. The standard InChI is InChI=1S/C58H94O6/c1-4-7-10-13-16-19-22-25-27-28-29-30-32-34-37-40-43-46-49-52-58(61)64-55(53-62-56(59)50-47-44-41-38-35-24-21-18-15-12-9-6-3)54-63-57(60)51-48-45-42-39-36-33-31-26-23-20-17-14-11-8-5-2/h7,10,16-17,19-20,25-27,29-31,34,36-37,39,43,46,55H,4-6,8-9,11-15,18,21-24,28,32-33,35,38,40-42,44-45,47-54H2,1-3H3/b10-7-,19-16-,20-17-,27-25-,30-29-,31-26-,37-34-,39-36-,46-43-/t55-/m0/s1. The summed E-state index contributed by atoms with van der Waals surface area (Å²) in [6.45, 7) is 6.38. The fourth-order valence-electron chi connectivity index (χ4n) is 6.65. The molecule has 6 nitrogen and oxygen atoms in total. The van der Waals surface area contributed by atoms with E-state index in [2.05, 4.69) is 118 Å². The molecule has 0 spiro atoms. The second-order valence-corrected chi connectivity index (χ2v) is 16.7. The van der Waals surface area contributed by atoms with Gasteiger partial charge in [-0.1, -0.05) is 214 Å². The molecular formula is C58H94O6. The summed E-state index contributed by atoms with van der Waals surface area (Å²) in [5, 5.41) is 0. The Bertz CT molecular complexity index is 1340. The van der Waals surface area contributed by atoms with Gasteiger partial charge in [-0.25, -0.2) is 0 Å². The highest BCUT2D eigenvalue weighted by Crippen LogP contribution is 2.13. The van der Waals surface area contributed by atoms with Crippen LogP contribution in [0, 0.1) is 0 Å². The molecule has 0 rings (SSSR count). The normalized spacial score (nSPS) is 13.0. The number of allylic oxidation sites excluding steroid dienone is 18. The van der Waals surface area contributed by atoms with Crippen LogP contribution in [0.1, 0.15) is 220 Å². The Morgan fingerprint density at radius 2 is 0.641 bits per heavy atom. The smallest absolute Gasteiger partial charge is 0.306 e. The van der Waals surface area contributed by atoms with E-state index in [1.165, 1.54) is 83.5 Å². The predicted molar refractivity (Wildman–Crippen MR) is 274 cm³/mol. The van der Waals surface area contributed by atoms with Crippen molar-refractivity contribution in [2.75, 3.05) is 13.2 Å². The number of carbonyl (C=O) groups is 3. The zero-order valence-electron chi connectivity index (χ0n) is 41.3. The third kappa shape index (κ3) is 49.1. The van der Waals surface area contributed by atoms with Gasteiger partial charge in [0.15, 0.2) is 6.10 Å². The van der Waals surface area contributed by atoms with Crippen LogP contribution in [-0.4, -0.2) is 37.2 Å². The van der Waals surface area contributed by atoms with Crippen molar-refractivity contribution in [3.63, 3.8) is 0 Å². The lowest BCUT2D eigenvalue weighted by Gasteiger charge is -2.18. The molecule has 0 aliphatic carbocycles. The molecular weight excluding hydrogens is 793 g/mol. The number of hydrogen-bond donors (Lipinski definition) is 0. The topological polar surface area (TPSA) is 78.9 Å². The molecule has 0 heterocycles. The molecule has 0 aliphatic rings. The quantitative estimate of drug-likeness (QED) is 0.0262. The molecule has 0 saturated heterocycles. The molecule has 6 heteroatoms. The highest BCUT2D eigenvalue weighted by atomic mass is 16.6. The molecule has 0 aliphatic heterocycles. The number of unbranched alkanes of at least 4 members (excludes halogenated alkanes) is 16. The largest absolute Gasteiger partial charge is 0.462 e. The van der Waals surface area contributed by atoms with Crippen LogP contribution in [0.3, 0.4) is 0 Å². The first-order chi connectivity index (χ1) is 31.5. The van der Waals surface area contributed by atoms with E-state index >= 15 is 0 Å². The van der Waals surface area contributed by atoms with E-state index in [0.717, 1.165) is 83.5 Å².